The van der Waals surface area contributed by atoms with Gasteiger partial charge in [-0.05, 0) is 62.2 Å². The number of hydrogen-bond donors (Lipinski definition) is 1. The van der Waals surface area contributed by atoms with E-state index in [4.69, 9.17) is 13.9 Å². The molecule has 26 heavy (non-hydrogen) atoms. The predicted octanol–water partition coefficient (Wildman–Crippen LogP) is 3.21. The van der Waals surface area contributed by atoms with Crippen LogP contribution in [0.4, 0.5) is 0 Å². The lowest BCUT2D eigenvalue weighted by atomic mass is 9.97. The summed E-state index contributed by atoms with van der Waals surface area (Å²) < 4.78 is 16.3. The first-order valence-electron chi connectivity index (χ1n) is 9.16. The summed E-state index contributed by atoms with van der Waals surface area (Å²) in [5.41, 5.74) is 0.569. The summed E-state index contributed by atoms with van der Waals surface area (Å²) >= 11 is 0. The molecule has 0 saturated carbocycles. The molecule has 1 unspecified atom stereocenters. The summed E-state index contributed by atoms with van der Waals surface area (Å²) in [6.45, 7) is 5.04. The van der Waals surface area contributed by atoms with Gasteiger partial charge in [-0.15, -0.1) is 0 Å². The van der Waals surface area contributed by atoms with Crippen molar-refractivity contribution in [2.24, 2.45) is 5.92 Å². The van der Waals surface area contributed by atoms with E-state index >= 15 is 0 Å². The monoisotopic (exact) mass is 356 g/mol. The molecule has 4 rings (SSSR count). The molecule has 2 aliphatic rings. The Morgan fingerprint density at radius 1 is 1.23 bits per heavy atom. The van der Waals surface area contributed by atoms with E-state index in [1.807, 2.05) is 12.1 Å². The van der Waals surface area contributed by atoms with Crippen molar-refractivity contribution in [1.29, 1.82) is 0 Å². The predicted molar refractivity (Wildman–Crippen MR) is 96.3 cm³/mol. The molecule has 0 radical (unpaired) electrons. The number of amides is 1. The summed E-state index contributed by atoms with van der Waals surface area (Å²) in [4.78, 5) is 15.0. The zero-order valence-corrected chi connectivity index (χ0v) is 14.9. The molecule has 1 aromatic heterocycles. The number of carbonyl (C=O) groups is 1. The van der Waals surface area contributed by atoms with Gasteiger partial charge in [0, 0.05) is 12.1 Å². The molecule has 3 heterocycles. The number of likely N-dealkylation sites (tertiary alicyclic amines) is 1. The maximum atomic E-state index is 12.6. The SMILES string of the molecule is CC1CCN(C(CNC(=O)c2ccc3c(c2)OCO3)c2ccco2)CC1. The van der Waals surface area contributed by atoms with Gasteiger partial charge in [-0.25, -0.2) is 0 Å². The molecular weight excluding hydrogens is 332 g/mol. The van der Waals surface area contributed by atoms with Crippen LogP contribution in [0.2, 0.25) is 0 Å². The number of rotatable bonds is 5. The summed E-state index contributed by atoms with van der Waals surface area (Å²) in [7, 11) is 0. The molecule has 2 aliphatic heterocycles. The Morgan fingerprint density at radius 2 is 2.04 bits per heavy atom. The van der Waals surface area contributed by atoms with Gasteiger partial charge in [0.25, 0.3) is 5.91 Å². The van der Waals surface area contributed by atoms with Crippen molar-refractivity contribution in [2.75, 3.05) is 26.4 Å². The number of fused-ring (bicyclic) bond motifs is 1. The first kappa shape index (κ1) is 17.0. The molecule has 1 amide bonds. The van der Waals surface area contributed by atoms with Gasteiger partial charge in [-0.3, -0.25) is 9.69 Å². The topological polar surface area (TPSA) is 63.9 Å². The van der Waals surface area contributed by atoms with Crippen LogP contribution in [-0.4, -0.2) is 37.2 Å². The smallest absolute Gasteiger partial charge is 0.251 e. The number of hydrogen-bond acceptors (Lipinski definition) is 5. The number of piperidine rings is 1. The van der Waals surface area contributed by atoms with Crippen LogP contribution in [0, 0.1) is 5.92 Å². The molecule has 6 heteroatoms. The molecule has 1 fully saturated rings. The zero-order valence-electron chi connectivity index (χ0n) is 14.9. The summed E-state index contributed by atoms with van der Waals surface area (Å²) in [5.74, 6) is 2.82. The average molecular weight is 356 g/mol. The summed E-state index contributed by atoms with van der Waals surface area (Å²) in [6, 6.07) is 9.18. The second-order valence-corrected chi connectivity index (χ2v) is 7.03. The number of nitrogens with one attached hydrogen (secondary N) is 1. The largest absolute Gasteiger partial charge is 0.468 e. The van der Waals surface area contributed by atoms with Gasteiger partial charge in [0.05, 0.1) is 12.3 Å². The van der Waals surface area contributed by atoms with Crippen molar-refractivity contribution in [2.45, 2.75) is 25.8 Å². The fourth-order valence-corrected chi connectivity index (χ4v) is 3.56. The van der Waals surface area contributed by atoms with Crippen LogP contribution >= 0.6 is 0 Å². The number of benzene rings is 1. The van der Waals surface area contributed by atoms with E-state index in [1.54, 1.807) is 24.5 Å². The normalized spacial score (nSPS) is 18.7. The highest BCUT2D eigenvalue weighted by Gasteiger charge is 2.27. The molecule has 0 spiro atoms. The molecule has 138 valence electrons. The van der Waals surface area contributed by atoms with Crippen LogP contribution in [0.1, 0.15) is 41.9 Å². The third-order valence-corrected chi connectivity index (χ3v) is 5.22. The second kappa shape index (κ2) is 7.41. The molecule has 1 atom stereocenters. The van der Waals surface area contributed by atoms with Crippen molar-refractivity contribution in [1.82, 2.24) is 10.2 Å². The fraction of sp³-hybridized carbons (Fsp3) is 0.450. The Morgan fingerprint density at radius 3 is 2.81 bits per heavy atom. The van der Waals surface area contributed by atoms with Gasteiger partial charge < -0.3 is 19.2 Å². The maximum Gasteiger partial charge on any atom is 0.251 e. The van der Waals surface area contributed by atoms with Crippen LogP contribution in [0.15, 0.2) is 41.0 Å². The third-order valence-electron chi connectivity index (χ3n) is 5.22. The number of furan rings is 1. The van der Waals surface area contributed by atoms with E-state index in [2.05, 4.69) is 17.1 Å². The van der Waals surface area contributed by atoms with Gasteiger partial charge in [0.2, 0.25) is 6.79 Å². The van der Waals surface area contributed by atoms with Crippen molar-refractivity contribution >= 4 is 5.91 Å². The van der Waals surface area contributed by atoms with Crippen LogP contribution in [0.5, 0.6) is 11.5 Å². The average Bonchev–Trinajstić information content (AvgIpc) is 3.34. The van der Waals surface area contributed by atoms with Crippen LogP contribution in [-0.2, 0) is 0 Å². The minimum Gasteiger partial charge on any atom is -0.468 e. The molecule has 1 aromatic carbocycles. The lowest BCUT2D eigenvalue weighted by Gasteiger charge is -2.35. The number of ether oxygens (including phenoxy) is 2. The Bertz CT molecular complexity index is 751. The quantitative estimate of drug-likeness (QED) is 0.891. The van der Waals surface area contributed by atoms with Crippen LogP contribution in [0.3, 0.4) is 0 Å². The van der Waals surface area contributed by atoms with Gasteiger partial charge in [-0.1, -0.05) is 6.92 Å². The minimum absolute atomic E-state index is 0.0514. The van der Waals surface area contributed by atoms with Gasteiger partial charge in [0.15, 0.2) is 11.5 Å². The maximum absolute atomic E-state index is 12.6. The first-order valence-corrected chi connectivity index (χ1v) is 9.16. The van der Waals surface area contributed by atoms with E-state index in [1.165, 1.54) is 12.8 Å². The lowest BCUT2D eigenvalue weighted by Crippen LogP contribution is -2.41. The third kappa shape index (κ3) is 3.55. The Kier molecular flexibility index (Phi) is 4.84. The molecule has 0 bridgehead atoms. The van der Waals surface area contributed by atoms with E-state index in [0.717, 1.165) is 24.8 Å². The number of carbonyl (C=O) groups excluding carboxylic acids is 1. The second-order valence-electron chi connectivity index (χ2n) is 7.03. The van der Waals surface area contributed by atoms with E-state index in [9.17, 15) is 4.79 Å². The highest BCUT2D eigenvalue weighted by molar-refractivity contribution is 5.94. The Hall–Kier alpha value is -2.47. The van der Waals surface area contributed by atoms with Crippen molar-refractivity contribution in [3.05, 3.63) is 47.9 Å². The van der Waals surface area contributed by atoms with E-state index < -0.39 is 0 Å². The van der Waals surface area contributed by atoms with Crippen molar-refractivity contribution in [3.8, 4) is 11.5 Å². The van der Waals surface area contributed by atoms with E-state index in [-0.39, 0.29) is 18.7 Å². The Balaban J connectivity index is 1.43. The minimum atomic E-state index is -0.120. The first-order chi connectivity index (χ1) is 12.7. The zero-order chi connectivity index (χ0) is 17.9. The summed E-state index contributed by atoms with van der Waals surface area (Å²) in [6.07, 6.45) is 4.04. The summed E-state index contributed by atoms with van der Waals surface area (Å²) in [5, 5.41) is 3.05. The lowest BCUT2D eigenvalue weighted by molar-refractivity contribution is 0.0895. The molecule has 2 aromatic rings. The molecule has 0 aliphatic carbocycles. The molecule has 6 nitrogen and oxygen atoms in total. The van der Waals surface area contributed by atoms with Crippen molar-refractivity contribution in [3.63, 3.8) is 0 Å². The van der Waals surface area contributed by atoms with Crippen molar-refractivity contribution < 1.29 is 18.7 Å². The van der Waals surface area contributed by atoms with Crippen LogP contribution in [0.25, 0.3) is 0 Å². The molecule has 1 saturated heterocycles. The molecule has 1 N–H and O–H groups in total. The Labute approximate surface area is 153 Å². The van der Waals surface area contributed by atoms with Gasteiger partial charge >= 0.3 is 0 Å². The molecular formula is C20H24N2O4. The standard InChI is InChI=1S/C20H24N2O4/c1-14-6-8-22(9-7-14)16(17-3-2-10-24-17)12-21-20(23)15-4-5-18-19(11-15)26-13-25-18/h2-5,10-11,14,16H,6-9,12-13H2,1H3,(H,21,23). The fourth-order valence-electron chi connectivity index (χ4n) is 3.56. The highest BCUT2D eigenvalue weighted by atomic mass is 16.7. The highest BCUT2D eigenvalue weighted by Crippen LogP contribution is 2.32. The van der Waals surface area contributed by atoms with E-state index in [0.29, 0.717) is 23.6 Å². The number of nitrogens with zero attached hydrogens (tertiary/aromatic N) is 1. The van der Waals surface area contributed by atoms with Gasteiger partial charge in [0.1, 0.15) is 5.76 Å². The van der Waals surface area contributed by atoms with Crippen LogP contribution < -0.4 is 14.8 Å². The van der Waals surface area contributed by atoms with Gasteiger partial charge in [-0.2, -0.15) is 0 Å².